The van der Waals surface area contributed by atoms with Gasteiger partial charge in [-0.2, -0.15) is 0 Å². The number of benzene rings is 1. The lowest BCUT2D eigenvalue weighted by molar-refractivity contribution is 0.0428. The van der Waals surface area contributed by atoms with Gasteiger partial charge in [-0.05, 0) is 25.0 Å². The Morgan fingerprint density at radius 2 is 1.84 bits per heavy atom. The van der Waals surface area contributed by atoms with Crippen molar-refractivity contribution in [2.24, 2.45) is 0 Å². The quantitative estimate of drug-likeness (QED) is 0.903. The van der Waals surface area contributed by atoms with E-state index >= 15 is 0 Å². The molecule has 1 aliphatic rings. The van der Waals surface area contributed by atoms with Crippen molar-refractivity contribution < 1.29 is 8.78 Å². The van der Waals surface area contributed by atoms with Gasteiger partial charge in [-0.3, -0.25) is 4.90 Å². The van der Waals surface area contributed by atoms with Crippen LogP contribution in [-0.2, 0) is 6.54 Å². The number of hydrogen-bond acceptors (Lipinski definition) is 2. The predicted octanol–water partition coefficient (Wildman–Crippen LogP) is 2.93. The SMILES string of the molecule is CCC1(CC)CNCCN1Cc1c(F)cccc1F. The van der Waals surface area contributed by atoms with Crippen molar-refractivity contribution in [1.82, 2.24) is 10.2 Å². The molecule has 0 amide bonds. The van der Waals surface area contributed by atoms with Gasteiger partial charge in [-0.15, -0.1) is 0 Å². The second kappa shape index (κ2) is 5.97. The summed E-state index contributed by atoms with van der Waals surface area (Å²) in [5, 5.41) is 3.39. The van der Waals surface area contributed by atoms with Crippen LogP contribution in [0.4, 0.5) is 8.78 Å². The van der Waals surface area contributed by atoms with Crippen molar-refractivity contribution in [3.8, 4) is 0 Å². The third kappa shape index (κ3) is 2.79. The van der Waals surface area contributed by atoms with Crippen LogP contribution in [0, 0.1) is 11.6 Å². The summed E-state index contributed by atoms with van der Waals surface area (Å²) in [6.07, 6.45) is 1.96. The van der Waals surface area contributed by atoms with Crippen LogP contribution >= 0.6 is 0 Å². The van der Waals surface area contributed by atoms with E-state index in [9.17, 15) is 8.78 Å². The Morgan fingerprint density at radius 1 is 1.21 bits per heavy atom. The lowest BCUT2D eigenvalue weighted by Crippen LogP contribution is -2.60. The third-order valence-corrected chi connectivity index (χ3v) is 4.41. The standard InChI is InChI=1S/C15H22F2N2/c1-3-15(4-2)11-18-8-9-19(15)10-12-13(16)6-5-7-14(12)17/h5-7,18H,3-4,8-11H2,1-2H3. The predicted molar refractivity (Wildman–Crippen MR) is 73.0 cm³/mol. The van der Waals surface area contributed by atoms with Crippen molar-refractivity contribution in [3.05, 3.63) is 35.4 Å². The summed E-state index contributed by atoms with van der Waals surface area (Å²) in [7, 11) is 0. The van der Waals surface area contributed by atoms with Crippen molar-refractivity contribution >= 4 is 0 Å². The molecule has 0 spiro atoms. The van der Waals surface area contributed by atoms with Gasteiger partial charge in [0.2, 0.25) is 0 Å². The molecular weight excluding hydrogens is 246 g/mol. The van der Waals surface area contributed by atoms with Crippen LogP contribution in [0.25, 0.3) is 0 Å². The topological polar surface area (TPSA) is 15.3 Å². The average Bonchev–Trinajstić information content (AvgIpc) is 2.43. The molecule has 1 aliphatic heterocycles. The van der Waals surface area contributed by atoms with E-state index in [1.165, 1.54) is 18.2 Å². The van der Waals surface area contributed by atoms with E-state index in [0.717, 1.165) is 32.5 Å². The smallest absolute Gasteiger partial charge is 0.130 e. The highest BCUT2D eigenvalue weighted by Gasteiger charge is 2.36. The number of nitrogens with one attached hydrogen (secondary N) is 1. The van der Waals surface area contributed by atoms with Gasteiger partial charge in [0.25, 0.3) is 0 Å². The molecule has 0 unspecified atom stereocenters. The fourth-order valence-corrected chi connectivity index (χ4v) is 2.95. The van der Waals surface area contributed by atoms with E-state index < -0.39 is 11.6 Å². The van der Waals surface area contributed by atoms with Gasteiger partial charge in [0.15, 0.2) is 0 Å². The van der Waals surface area contributed by atoms with Gasteiger partial charge < -0.3 is 5.32 Å². The summed E-state index contributed by atoms with van der Waals surface area (Å²) in [6.45, 7) is 7.22. The van der Waals surface area contributed by atoms with E-state index in [-0.39, 0.29) is 11.1 Å². The maximum Gasteiger partial charge on any atom is 0.130 e. The first-order valence-corrected chi connectivity index (χ1v) is 7.01. The molecule has 1 heterocycles. The second-order valence-corrected chi connectivity index (χ2v) is 5.23. The molecule has 0 radical (unpaired) electrons. The number of rotatable bonds is 4. The number of nitrogens with zero attached hydrogens (tertiary/aromatic N) is 1. The Balaban J connectivity index is 2.25. The van der Waals surface area contributed by atoms with Gasteiger partial charge in [0.05, 0.1) is 0 Å². The van der Waals surface area contributed by atoms with Crippen LogP contribution in [0.2, 0.25) is 0 Å². The molecule has 1 aromatic rings. The minimum Gasteiger partial charge on any atom is -0.314 e. The summed E-state index contributed by atoms with van der Waals surface area (Å²) in [5.74, 6) is -0.890. The van der Waals surface area contributed by atoms with Crippen molar-refractivity contribution in [2.45, 2.75) is 38.8 Å². The lowest BCUT2D eigenvalue weighted by atomic mass is 9.88. The number of halogens is 2. The van der Waals surface area contributed by atoms with E-state index in [4.69, 9.17) is 0 Å². The summed E-state index contributed by atoms with van der Waals surface area (Å²) in [4.78, 5) is 2.23. The minimum absolute atomic E-state index is 0.00692. The molecule has 1 saturated heterocycles. The summed E-state index contributed by atoms with van der Waals surface area (Å²) in [5.41, 5.74) is 0.197. The maximum atomic E-state index is 13.8. The zero-order valence-corrected chi connectivity index (χ0v) is 11.7. The minimum atomic E-state index is -0.445. The zero-order valence-electron chi connectivity index (χ0n) is 11.7. The molecule has 2 rings (SSSR count). The monoisotopic (exact) mass is 268 g/mol. The van der Waals surface area contributed by atoms with Gasteiger partial charge in [-0.25, -0.2) is 8.78 Å². The molecule has 1 aromatic carbocycles. The van der Waals surface area contributed by atoms with E-state index in [0.29, 0.717) is 6.54 Å². The maximum absolute atomic E-state index is 13.8. The van der Waals surface area contributed by atoms with Crippen LogP contribution in [0.15, 0.2) is 18.2 Å². The average molecular weight is 268 g/mol. The van der Waals surface area contributed by atoms with Gasteiger partial charge in [-0.1, -0.05) is 19.9 Å². The first-order chi connectivity index (χ1) is 9.13. The Hall–Kier alpha value is -1.00. The van der Waals surface area contributed by atoms with Crippen molar-refractivity contribution in [3.63, 3.8) is 0 Å². The molecule has 0 atom stereocenters. The molecule has 1 N–H and O–H groups in total. The zero-order chi connectivity index (χ0) is 13.9. The summed E-state index contributed by atoms with van der Waals surface area (Å²) < 4.78 is 27.6. The Labute approximate surface area is 113 Å². The molecule has 1 fully saturated rings. The number of hydrogen-bond donors (Lipinski definition) is 1. The Kier molecular flexibility index (Phi) is 4.53. The van der Waals surface area contributed by atoms with Crippen LogP contribution < -0.4 is 5.32 Å². The molecule has 19 heavy (non-hydrogen) atoms. The lowest BCUT2D eigenvalue weighted by Gasteiger charge is -2.47. The molecule has 0 bridgehead atoms. The van der Waals surface area contributed by atoms with Gasteiger partial charge >= 0.3 is 0 Å². The van der Waals surface area contributed by atoms with Crippen LogP contribution in [0.1, 0.15) is 32.3 Å². The number of piperazine rings is 1. The highest BCUT2D eigenvalue weighted by atomic mass is 19.1. The Morgan fingerprint density at radius 3 is 2.42 bits per heavy atom. The third-order valence-electron chi connectivity index (χ3n) is 4.41. The molecule has 0 aromatic heterocycles. The Bertz CT molecular complexity index is 410. The fourth-order valence-electron chi connectivity index (χ4n) is 2.95. The molecule has 0 aliphatic carbocycles. The fraction of sp³-hybridized carbons (Fsp3) is 0.600. The molecule has 0 saturated carbocycles. The molecule has 2 nitrogen and oxygen atoms in total. The highest BCUT2D eigenvalue weighted by Crippen LogP contribution is 2.28. The largest absolute Gasteiger partial charge is 0.314 e. The van der Waals surface area contributed by atoms with Gasteiger partial charge in [0.1, 0.15) is 11.6 Å². The van der Waals surface area contributed by atoms with Crippen LogP contribution in [0.5, 0.6) is 0 Å². The van der Waals surface area contributed by atoms with E-state index in [1.807, 2.05) is 0 Å². The highest BCUT2D eigenvalue weighted by molar-refractivity contribution is 5.20. The normalized spacial score (nSPS) is 19.6. The molecule has 4 heteroatoms. The first kappa shape index (κ1) is 14.4. The van der Waals surface area contributed by atoms with E-state index in [1.54, 1.807) is 0 Å². The second-order valence-electron chi connectivity index (χ2n) is 5.23. The summed E-state index contributed by atoms with van der Waals surface area (Å²) >= 11 is 0. The van der Waals surface area contributed by atoms with Gasteiger partial charge in [0, 0.05) is 37.3 Å². The molecule has 106 valence electrons. The van der Waals surface area contributed by atoms with Crippen LogP contribution in [0.3, 0.4) is 0 Å². The molecular formula is C15H22F2N2. The van der Waals surface area contributed by atoms with Crippen molar-refractivity contribution in [2.75, 3.05) is 19.6 Å². The summed E-state index contributed by atoms with van der Waals surface area (Å²) in [6, 6.07) is 4.08. The van der Waals surface area contributed by atoms with Crippen molar-refractivity contribution in [1.29, 1.82) is 0 Å². The first-order valence-electron chi connectivity index (χ1n) is 7.01. The van der Waals surface area contributed by atoms with E-state index in [2.05, 4.69) is 24.1 Å². The van der Waals surface area contributed by atoms with Crippen LogP contribution in [-0.4, -0.2) is 30.1 Å².